The summed E-state index contributed by atoms with van der Waals surface area (Å²) in [5.41, 5.74) is 1.46. The van der Waals surface area contributed by atoms with Gasteiger partial charge in [0.2, 0.25) is 5.91 Å². The van der Waals surface area contributed by atoms with Crippen LogP contribution < -0.4 is 10.6 Å². The molecule has 0 spiro atoms. The molecule has 0 saturated heterocycles. The fraction of sp³-hybridized carbons (Fsp3) is 0.444. The average molecular weight is 316 g/mol. The van der Waals surface area contributed by atoms with Crippen molar-refractivity contribution < 1.29 is 14.7 Å². The standard InChI is InChI=1S/C18H24N2O3/c1-19-18(23)15-7-2-13(3-8-15)6-11-17(22)20-16-9-4-14(12-21)5-10-16/h2-3,6-8,11,14,16,21H,4-5,9-10,12H2,1H3,(H,19,23)(H,20,22)/b11-6+. The van der Waals surface area contributed by atoms with Crippen molar-refractivity contribution in [2.75, 3.05) is 13.7 Å². The highest BCUT2D eigenvalue weighted by Crippen LogP contribution is 2.23. The number of amides is 2. The lowest BCUT2D eigenvalue weighted by Gasteiger charge is -2.27. The minimum Gasteiger partial charge on any atom is -0.396 e. The molecule has 23 heavy (non-hydrogen) atoms. The zero-order valence-electron chi connectivity index (χ0n) is 13.4. The summed E-state index contributed by atoms with van der Waals surface area (Å²) in [4.78, 5) is 23.4. The molecule has 5 heteroatoms. The largest absolute Gasteiger partial charge is 0.396 e. The van der Waals surface area contributed by atoms with E-state index < -0.39 is 0 Å². The molecule has 2 rings (SSSR count). The number of benzene rings is 1. The van der Waals surface area contributed by atoms with Gasteiger partial charge in [0.15, 0.2) is 0 Å². The Morgan fingerprint density at radius 2 is 1.83 bits per heavy atom. The van der Waals surface area contributed by atoms with Crippen LogP contribution >= 0.6 is 0 Å². The van der Waals surface area contributed by atoms with Crippen molar-refractivity contribution in [2.45, 2.75) is 31.7 Å². The van der Waals surface area contributed by atoms with Crippen molar-refractivity contribution in [1.29, 1.82) is 0 Å². The molecule has 1 fully saturated rings. The Labute approximate surface area is 136 Å². The molecule has 1 aliphatic rings. The molecule has 1 aromatic rings. The number of hydrogen-bond donors (Lipinski definition) is 3. The van der Waals surface area contributed by atoms with E-state index in [1.807, 2.05) is 0 Å². The lowest BCUT2D eigenvalue weighted by atomic mass is 9.86. The number of hydrogen-bond acceptors (Lipinski definition) is 3. The number of nitrogens with one attached hydrogen (secondary N) is 2. The Balaban J connectivity index is 1.83. The Hall–Kier alpha value is -2.14. The van der Waals surface area contributed by atoms with Crippen molar-refractivity contribution >= 4 is 17.9 Å². The van der Waals surface area contributed by atoms with Gasteiger partial charge >= 0.3 is 0 Å². The van der Waals surface area contributed by atoms with Crippen molar-refractivity contribution in [3.8, 4) is 0 Å². The molecule has 5 nitrogen and oxygen atoms in total. The van der Waals surface area contributed by atoms with Crippen LogP contribution in [-0.2, 0) is 4.79 Å². The van der Waals surface area contributed by atoms with Gasteiger partial charge in [-0.1, -0.05) is 12.1 Å². The molecular formula is C18H24N2O3. The minimum absolute atomic E-state index is 0.104. The smallest absolute Gasteiger partial charge is 0.251 e. The molecule has 0 unspecified atom stereocenters. The second kappa shape index (κ2) is 8.48. The first-order valence-electron chi connectivity index (χ1n) is 8.04. The van der Waals surface area contributed by atoms with E-state index in [0.29, 0.717) is 11.5 Å². The lowest BCUT2D eigenvalue weighted by molar-refractivity contribution is -0.117. The Morgan fingerprint density at radius 1 is 1.17 bits per heavy atom. The van der Waals surface area contributed by atoms with Gasteiger partial charge in [0, 0.05) is 31.3 Å². The summed E-state index contributed by atoms with van der Waals surface area (Å²) < 4.78 is 0. The highest BCUT2D eigenvalue weighted by Gasteiger charge is 2.21. The molecule has 1 aliphatic carbocycles. The Kier molecular flexibility index (Phi) is 6.35. The third-order valence-electron chi connectivity index (χ3n) is 4.28. The maximum atomic E-state index is 11.9. The quantitative estimate of drug-likeness (QED) is 0.724. The van der Waals surface area contributed by atoms with Crippen molar-refractivity contribution in [3.05, 3.63) is 41.5 Å². The first-order valence-corrected chi connectivity index (χ1v) is 8.04. The highest BCUT2D eigenvalue weighted by molar-refractivity contribution is 5.94. The molecule has 1 saturated carbocycles. The zero-order chi connectivity index (χ0) is 16.7. The summed E-state index contributed by atoms with van der Waals surface area (Å²) in [7, 11) is 1.59. The SMILES string of the molecule is CNC(=O)c1ccc(/C=C/C(=O)NC2CCC(CO)CC2)cc1. The highest BCUT2D eigenvalue weighted by atomic mass is 16.3. The molecule has 0 heterocycles. The molecule has 3 N–H and O–H groups in total. The number of carbonyl (C=O) groups excluding carboxylic acids is 2. The first-order chi connectivity index (χ1) is 11.1. The van der Waals surface area contributed by atoms with Gasteiger partial charge in [0.05, 0.1) is 0 Å². The number of aliphatic hydroxyl groups is 1. The number of carbonyl (C=O) groups is 2. The normalized spacial score (nSPS) is 21.1. The van der Waals surface area contributed by atoms with E-state index >= 15 is 0 Å². The van der Waals surface area contributed by atoms with E-state index in [-0.39, 0.29) is 24.5 Å². The minimum atomic E-state index is -0.128. The van der Waals surface area contributed by atoms with Crippen LogP contribution in [0.5, 0.6) is 0 Å². The van der Waals surface area contributed by atoms with E-state index in [1.165, 1.54) is 6.08 Å². The monoisotopic (exact) mass is 316 g/mol. The fourth-order valence-corrected chi connectivity index (χ4v) is 2.80. The summed E-state index contributed by atoms with van der Waals surface area (Å²) in [6.45, 7) is 0.243. The predicted molar refractivity (Wildman–Crippen MR) is 89.8 cm³/mol. The first kappa shape index (κ1) is 17.2. The van der Waals surface area contributed by atoms with Crippen LogP contribution in [0.2, 0.25) is 0 Å². The van der Waals surface area contributed by atoms with Gasteiger partial charge in [-0.25, -0.2) is 0 Å². The Bertz CT molecular complexity index is 558. The van der Waals surface area contributed by atoms with Crippen LogP contribution in [0.3, 0.4) is 0 Å². The van der Waals surface area contributed by atoms with E-state index in [9.17, 15) is 9.59 Å². The number of rotatable bonds is 5. The van der Waals surface area contributed by atoms with Crippen LogP contribution in [0.1, 0.15) is 41.6 Å². The molecule has 0 aliphatic heterocycles. The van der Waals surface area contributed by atoms with Crippen molar-refractivity contribution in [1.82, 2.24) is 10.6 Å². The third kappa shape index (κ3) is 5.21. The second-order valence-corrected chi connectivity index (χ2v) is 5.94. The zero-order valence-corrected chi connectivity index (χ0v) is 13.4. The predicted octanol–water partition coefficient (Wildman–Crippen LogP) is 1.73. The summed E-state index contributed by atoms with van der Waals surface area (Å²) in [5, 5.41) is 14.7. The van der Waals surface area contributed by atoms with Gasteiger partial charge in [0.1, 0.15) is 0 Å². The maximum absolute atomic E-state index is 11.9. The summed E-state index contributed by atoms with van der Waals surface area (Å²) in [6, 6.07) is 7.27. The van der Waals surface area contributed by atoms with Crippen LogP contribution in [0.25, 0.3) is 6.08 Å². The maximum Gasteiger partial charge on any atom is 0.251 e. The van der Waals surface area contributed by atoms with E-state index in [2.05, 4.69) is 10.6 Å². The average Bonchev–Trinajstić information content (AvgIpc) is 2.60. The fourth-order valence-electron chi connectivity index (χ4n) is 2.80. The summed E-state index contributed by atoms with van der Waals surface area (Å²) in [5.74, 6) is 0.155. The lowest BCUT2D eigenvalue weighted by Crippen LogP contribution is -2.37. The molecule has 124 valence electrons. The van der Waals surface area contributed by atoms with Crippen molar-refractivity contribution in [3.63, 3.8) is 0 Å². The van der Waals surface area contributed by atoms with Gasteiger partial charge in [-0.15, -0.1) is 0 Å². The van der Waals surface area contributed by atoms with Crippen LogP contribution in [0, 0.1) is 5.92 Å². The van der Waals surface area contributed by atoms with Gasteiger partial charge < -0.3 is 15.7 Å². The van der Waals surface area contributed by atoms with Crippen LogP contribution in [0.4, 0.5) is 0 Å². The van der Waals surface area contributed by atoms with E-state index in [1.54, 1.807) is 37.4 Å². The molecule has 0 atom stereocenters. The van der Waals surface area contributed by atoms with Gasteiger partial charge in [-0.3, -0.25) is 9.59 Å². The number of aliphatic hydroxyl groups excluding tert-OH is 1. The van der Waals surface area contributed by atoms with Crippen molar-refractivity contribution in [2.24, 2.45) is 5.92 Å². The summed E-state index contributed by atoms with van der Waals surface area (Å²) in [6.07, 6.45) is 7.03. The molecule has 2 amide bonds. The van der Waals surface area contributed by atoms with Crippen LogP contribution in [0.15, 0.2) is 30.3 Å². The van der Waals surface area contributed by atoms with Gasteiger partial charge in [0.25, 0.3) is 5.91 Å². The van der Waals surface area contributed by atoms with Gasteiger partial charge in [-0.2, -0.15) is 0 Å². The third-order valence-corrected chi connectivity index (χ3v) is 4.28. The topological polar surface area (TPSA) is 78.4 Å². The van der Waals surface area contributed by atoms with Gasteiger partial charge in [-0.05, 0) is 55.4 Å². The van der Waals surface area contributed by atoms with E-state index in [4.69, 9.17) is 5.11 Å². The molecule has 0 radical (unpaired) electrons. The summed E-state index contributed by atoms with van der Waals surface area (Å²) >= 11 is 0. The van der Waals surface area contributed by atoms with Crippen LogP contribution in [-0.4, -0.2) is 36.6 Å². The molecule has 0 bridgehead atoms. The molecule has 0 aromatic heterocycles. The molecule has 1 aromatic carbocycles. The van der Waals surface area contributed by atoms with E-state index in [0.717, 1.165) is 31.2 Å². The second-order valence-electron chi connectivity index (χ2n) is 5.94. The molecular weight excluding hydrogens is 292 g/mol. The Morgan fingerprint density at radius 3 is 2.39 bits per heavy atom.